The Morgan fingerprint density at radius 3 is 2.63 bits per heavy atom. The maximum absolute atomic E-state index is 13.0. The second-order valence-corrected chi connectivity index (χ2v) is 5.56. The largest absolute Gasteiger partial charge is 0.384 e. The average Bonchev–Trinajstić information content (AvgIpc) is 2.28. The summed E-state index contributed by atoms with van der Waals surface area (Å²) in [5.74, 6) is -0.403. The molecule has 0 fully saturated rings. The fourth-order valence-electron chi connectivity index (χ4n) is 1.64. The van der Waals surface area contributed by atoms with Crippen molar-refractivity contribution >= 4 is 21.8 Å². The summed E-state index contributed by atoms with van der Waals surface area (Å²) in [5.41, 5.74) is -0.0559. The summed E-state index contributed by atoms with van der Waals surface area (Å²) in [6, 6.07) is 5.34. The molecule has 7 heteroatoms. The average molecular weight is 289 g/mol. The van der Waals surface area contributed by atoms with Gasteiger partial charge in [-0.2, -0.15) is 8.42 Å². The number of carbonyl (C=O) groups is 1. The van der Waals surface area contributed by atoms with Crippen molar-refractivity contribution in [2.45, 2.75) is 18.2 Å². The fraction of sp³-hybridized carbons (Fsp3) is 0.417. The van der Waals surface area contributed by atoms with E-state index in [1.165, 1.54) is 25.3 Å². The highest BCUT2D eigenvalue weighted by molar-refractivity contribution is 7.86. The summed E-state index contributed by atoms with van der Waals surface area (Å²) in [4.78, 5) is 11.2. The molecule has 0 radical (unpaired) electrons. The van der Waals surface area contributed by atoms with Crippen molar-refractivity contribution < 1.29 is 21.8 Å². The van der Waals surface area contributed by atoms with E-state index < -0.39 is 15.1 Å². The lowest BCUT2D eigenvalue weighted by atomic mass is 10.1. The number of benzene rings is 1. The molecule has 0 saturated heterocycles. The first-order chi connectivity index (χ1) is 8.84. The number of ether oxygens (including phenoxy) is 1. The molecule has 106 valence electrons. The summed E-state index contributed by atoms with van der Waals surface area (Å²) >= 11 is 0. The van der Waals surface area contributed by atoms with E-state index in [0.29, 0.717) is 6.61 Å². The molecule has 1 aromatic rings. The quantitative estimate of drug-likeness (QED) is 0.812. The third kappa shape index (κ3) is 4.96. The van der Waals surface area contributed by atoms with Crippen LogP contribution in [-0.4, -0.2) is 28.0 Å². The van der Waals surface area contributed by atoms with E-state index in [1.54, 1.807) is 0 Å². The fourth-order valence-corrected chi connectivity index (χ4v) is 2.27. The minimum atomic E-state index is -4.86. The van der Waals surface area contributed by atoms with E-state index in [4.69, 9.17) is 4.74 Å². The van der Waals surface area contributed by atoms with Crippen molar-refractivity contribution in [1.82, 2.24) is 0 Å². The van der Waals surface area contributed by atoms with Crippen LogP contribution in [0, 0.1) is 5.92 Å². The predicted molar refractivity (Wildman–Crippen MR) is 69.0 cm³/mol. The van der Waals surface area contributed by atoms with Crippen LogP contribution < -0.4 is 5.32 Å². The lowest BCUT2D eigenvalue weighted by Gasteiger charge is -2.11. The normalized spacial score (nSPS) is 13.0. The van der Waals surface area contributed by atoms with Gasteiger partial charge in [0.1, 0.15) is 4.90 Å². The smallest absolute Gasteiger partial charge is 0.334 e. The van der Waals surface area contributed by atoms with E-state index in [1.807, 2.05) is 6.92 Å². The molecule has 0 bridgehead atoms. The third-order valence-electron chi connectivity index (χ3n) is 2.41. The van der Waals surface area contributed by atoms with Crippen molar-refractivity contribution in [1.29, 1.82) is 0 Å². The van der Waals surface area contributed by atoms with Gasteiger partial charge in [0.05, 0.1) is 5.69 Å². The number of nitrogens with one attached hydrogen (secondary N) is 1. The summed E-state index contributed by atoms with van der Waals surface area (Å²) in [5, 5.41) is 2.39. The summed E-state index contributed by atoms with van der Waals surface area (Å²) < 4.78 is 39.8. The molecule has 5 nitrogen and oxygen atoms in total. The molecule has 1 rings (SSSR count). The number of para-hydroxylation sites is 1. The van der Waals surface area contributed by atoms with Crippen LogP contribution >= 0.6 is 0 Å². The number of methoxy groups -OCH3 is 1. The predicted octanol–water partition coefficient (Wildman–Crippen LogP) is 1.96. The number of halogens is 1. The Hall–Kier alpha value is -1.47. The van der Waals surface area contributed by atoms with Gasteiger partial charge in [-0.15, -0.1) is 3.89 Å². The van der Waals surface area contributed by atoms with Gasteiger partial charge in [0.25, 0.3) is 0 Å². The molecule has 0 aliphatic carbocycles. The van der Waals surface area contributed by atoms with Gasteiger partial charge >= 0.3 is 10.2 Å². The summed E-state index contributed by atoms with van der Waals surface area (Å²) in [6.45, 7) is 2.23. The van der Waals surface area contributed by atoms with Crippen molar-refractivity contribution in [3.8, 4) is 0 Å². The van der Waals surface area contributed by atoms with Gasteiger partial charge in [0.15, 0.2) is 0 Å². The van der Waals surface area contributed by atoms with E-state index >= 15 is 0 Å². The molecule has 0 saturated carbocycles. The number of carbonyl (C=O) groups excluding carboxylic acids is 1. The summed E-state index contributed by atoms with van der Waals surface area (Å²) in [6.07, 6.45) is 0.161. The Morgan fingerprint density at radius 2 is 2.05 bits per heavy atom. The second kappa shape index (κ2) is 6.63. The molecule has 19 heavy (non-hydrogen) atoms. The molecule has 0 aliphatic rings. The van der Waals surface area contributed by atoms with Gasteiger partial charge in [-0.3, -0.25) is 4.79 Å². The molecule has 0 spiro atoms. The van der Waals surface area contributed by atoms with Crippen LogP contribution in [0.25, 0.3) is 0 Å². The van der Waals surface area contributed by atoms with E-state index in [9.17, 15) is 17.1 Å². The van der Waals surface area contributed by atoms with Gasteiger partial charge in [-0.25, -0.2) is 0 Å². The van der Waals surface area contributed by atoms with E-state index in [-0.39, 0.29) is 23.9 Å². The highest BCUT2D eigenvalue weighted by Gasteiger charge is 2.18. The monoisotopic (exact) mass is 289 g/mol. The van der Waals surface area contributed by atoms with E-state index in [2.05, 4.69) is 5.32 Å². The Kier molecular flexibility index (Phi) is 5.44. The molecule has 0 aromatic heterocycles. The maximum atomic E-state index is 13.0. The molecule has 1 aromatic carbocycles. The second-order valence-electron chi connectivity index (χ2n) is 4.25. The minimum absolute atomic E-state index is 0.0147. The highest BCUT2D eigenvalue weighted by atomic mass is 32.3. The number of anilines is 1. The van der Waals surface area contributed by atoms with Crippen LogP contribution in [0.3, 0.4) is 0 Å². The van der Waals surface area contributed by atoms with Crippen LogP contribution in [0.2, 0.25) is 0 Å². The van der Waals surface area contributed by atoms with Crippen molar-refractivity contribution in [2.75, 3.05) is 19.0 Å². The van der Waals surface area contributed by atoms with Gasteiger partial charge in [-0.05, 0) is 18.1 Å². The molecular weight excluding hydrogens is 273 g/mol. The highest BCUT2D eigenvalue weighted by Crippen LogP contribution is 2.23. The first-order valence-corrected chi connectivity index (χ1v) is 7.05. The Bertz CT molecular complexity index is 544. The molecule has 1 unspecified atom stereocenters. The number of hydrogen-bond acceptors (Lipinski definition) is 4. The lowest BCUT2D eigenvalue weighted by molar-refractivity contribution is -0.117. The molecule has 1 N–H and O–H groups in total. The first-order valence-electron chi connectivity index (χ1n) is 5.67. The summed E-state index contributed by atoms with van der Waals surface area (Å²) in [7, 11) is -3.33. The molecule has 0 aliphatic heterocycles. The zero-order valence-electron chi connectivity index (χ0n) is 10.7. The van der Waals surface area contributed by atoms with Crippen molar-refractivity contribution in [3.63, 3.8) is 0 Å². The van der Waals surface area contributed by atoms with Crippen LogP contribution in [0.1, 0.15) is 13.3 Å². The maximum Gasteiger partial charge on any atom is 0.334 e. The van der Waals surface area contributed by atoms with Gasteiger partial charge < -0.3 is 10.1 Å². The number of hydrogen-bond donors (Lipinski definition) is 1. The lowest BCUT2D eigenvalue weighted by Crippen LogP contribution is -2.18. The minimum Gasteiger partial charge on any atom is -0.384 e. The topological polar surface area (TPSA) is 72.5 Å². The molecular formula is C12H16FNO4S. The van der Waals surface area contributed by atoms with Gasteiger partial charge in [-0.1, -0.05) is 19.1 Å². The van der Waals surface area contributed by atoms with Crippen LogP contribution in [0.15, 0.2) is 29.2 Å². The van der Waals surface area contributed by atoms with E-state index in [0.717, 1.165) is 6.07 Å². The molecule has 1 atom stereocenters. The van der Waals surface area contributed by atoms with Crippen LogP contribution in [-0.2, 0) is 19.8 Å². The van der Waals surface area contributed by atoms with Crippen LogP contribution in [0.4, 0.5) is 9.57 Å². The standard InChI is InChI=1S/C12H16FNO4S/c1-9(8-18-2)7-12(15)14-10-5-3-4-6-11(10)19(13,16)17/h3-6,9H,7-8H2,1-2H3,(H,14,15). The SMILES string of the molecule is COCC(C)CC(=O)Nc1ccccc1S(=O)(=O)F. The third-order valence-corrected chi connectivity index (χ3v) is 3.29. The Morgan fingerprint density at radius 1 is 1.42 bits per heavy atom. The van der Waals surface area contributed by atoms with Gasteiger partial charge in [0, 0.05) is 20.1 Å². The number of rotatable bonds is 6. The van der Waals surface area contributed by atoms with Crippen molar-refractivity contribution in [2.24, 2.45) is 5.92 Å². The first kappa shape index (κ1) is 15.6. The number of amides is 1. The zero-order chi connectivity index (χ0) is 14.5. The van der Waals surface area contributed by atoms with Gasteiger partial charge in [0.2, 0.25) is 5.91 Å². The zero-order valence-corrected chi connectivity index (χ0v) is 11.5. The molecule has 0 heterocycles. The van der Waals surface area contributed by atoms with Crippen LogP contribution in [0.5, 0.6) is 0 Å². The Labute approximate surface area is 112 Å². The Balaban J connectivity index is 2.81. The molecule has 1 amide bonds. The van der Waals surface area contributed by atoms with Crippen molar-refractivity contribution in [3.05, 3.63) is 24.3 Å².